The second kappa shape index (κ2) is 9.48. The largest absolute Gasteiger partial charge is 0.462 e. The number of benzene rings is 3. The summed E-state index contributed by atoms with van der Waals surface area (Å²) < 4.78 is 32.3. The van der Waals surface area contributed by atoms with Crippen LogP contribution in [0.25, 0.3) is 0 Å². The molecule has 0 atom stereocenters. The van der Waals surface area contributed by atoms with E-state index < -0.39 is 16.0 Å². The van der Waals surface area contributed by atoms with Crippen LogP contribution < -0.4 is 4.31 Å². The van der Waals surface area contributed by atoms with Crippen LogP contribution in [0.3, 0.4) is 0 Å². The zero-order valence-electron chi connectivity index (χ0n) is 18.4. The van der Waals surface area contributed by atoms with Gasteiger partial charge in [-0.25, -0.2) is 13.2 Å². The van der Waals surface area contributed by atoms with E-state index in [9.17, 15) is 22.8 Å². The molecule has 0 N–H and O–H groups in total. The van der Waals surface area contributed by atoms with Crippen molar-refractivity contribution in [3.63, 3.8) is 0 Å². The second-order valence-electron chi connectivity index (χ2n) is 7.63. The van der Waals surface area contributed by atoms with Gasteiger partial charge in [-0.3, -0.25) is 18.8 Å². The number of imide groups is 1. The van der Waals surface area contributed by atoms with Crippen LogP contribution in [0, 0.1) is 0 Å². The van der Waals surface area contributed by atoms with Gasteiger partial charge in [-0.2, -0.15) is 0 Å². The predicted octanol–water partition coefficient (Wildman–Crippen LogP) is 3.35. The van der Waals surface area contributed by atoms with Gasteiger partial charge < -0.3 is 4.74 Å². The van der Waals surface area contributed by atoms with Gasteiger partial charge in [0, 0.05) is 13.6 Å². The molecule has 0 spiro atoms. The molecule has 0 radical (unpaired) electrons. The Morgan fingerprint density at radius 3 is 2.15 bits per heavy atom. The number of rotatable bonds is 8. The molecule has 1 aliphatic rings. The van der Waals surface area contributed by atoms with Gasteiger partial charge in [0.05, 0.1) is 33.9 Å². The fraction of sp³-hybridized carbons (Fsp3) is 0.160. The molecule has 2 amide bonds. The number of hydrogen-bond donors (Lipinski definition) is 0. The highest BCUT2D eigenvalue weighted by Crippen LogP contribution is 2.24. The third-order valence-corrected chi connectivity index (χ3v) is 7.27. The van der Waals surface area contributed by atoms with E-state index in [2.05, 4.69) is 0 Å². The van der Waals surface area contributed by atoms with Crippen LogP contribution in [-0.2, 0) is 14.8 Å². The maximum absolute atomic E-state index is 13.0. The Kier molecular flexibility index (Phi) is 6.47. The van der Waals surface area contributed by atoms with Crippen molar-refractivity contribution >= 4 is 33.5 Å². The standard InChI is InChI=1S/C25H22N2O6S/c1-26(19-10-3-2-4-11-19)34(31,32)20-12-7-9-18(17-20)25(30)33-16-8-15-27-23(28)21-13-5-6-14-22(21)24(27)29/h2-7,9-14,17H,8,15-16H2,1H3. The van der Waals surface area contributed by atoms with Gasteiger partial charge in [0.25, 0.3) is 21.8 Å². The summed E-state index contributed by atoms with van der Waals surface area (Å²) in [6.07, 6.45) is 0.256. The van der Waals surface area contributed by atoms with Crippen molar-refractivity contribution < 1.29 is 27.5 Å². The van der Waals surface area contributed by atoms with Crippen molar-refractivity contribution in [2.24, 2.45) is 0 Å². The summed E-state index contributed by atoms with van der Waals surface area (Å²) in [6.45, 7) is 0.0725. The van der Waals surface area contributed by atoms with Crippen LogP contribution in [0.2, 0.25) is 0 Å². The summed E-state index contributed by atoms with van der Waals surface area (Å²) in [5.74, 6) is -1.43. The first-order valence-corrected chi connectivity index (χ1v) is 12.0. The van der Waals surface area contributed by atoms with Gasteiger partial charge in [0.2, 0.25) is 0 Å². The van der Waals surface area contributed by atoms with E-state index in [-0.39, 0.29) is 41.8 Å². The van der Waals surface area contributed by atoms with E-state index in [4.69, 9.17) is 4.74 Å². The van der Waals surface area contributed by atoms with Crippen molar-refractivity contribution in [3.8, 4) is 0 Å². The number of fused-ring (bicyclic) bond motifs is 1. The lowest BCUT2D eigenvalue weighted by atomic mass is 10.1. The Morgan fingerprint density at radius 1 is 0.882 bits per heavy atom. The molecular weight excluding hydrogens is 456 g/mol. The van der Waals surface area contributed by atoms with Gasteiger partial charge in [0.15, 0.2) is 0 Å². The average Bonchev–Trinajstić information content (AvgIpc) is 3.11. The van der Waals surface area contributed by atoms with Crippen molar-refractivity contribution in [1.82, 2.24) is 4.90 Å². The molecule has 0 aliphatic carbocycles. The molecule has 1 aliphatic heterocycles. The third kappa shape index (κ3) is 4.42. The number of para-hydroxylation sites is 1. The average molecular weight is 479 g/mol. The van der Waals surface area contributed by atoms with Gasteiger partial charge in [-0.15, -0.1) is 0 Å². The lowest BCUT2D eigenvalue weighted by Gasteiger charge is -2.19. The SMILES string of the molecule is CN(c1ccccc1)S(=O)(=O)c1cccc(C(=O)OCCCN2C(=O)c3ccccc3C2=O)c1. The summed E-state index contributed by atoms with van der Waals surface area (Å²) in [5.41, 5.74) is 1.30. The summed E-state index contributed by atoms with van der Waals surface area (Å²) in [5, 5.41) is 0. The molecule has 34 heavy (non-hydrogen) atoms. The van der Waals surface area contributed by atoms with Crippen molar-refractivity contribution in [2.45, 2.75) is 11.3 Å². The lowest BCUT2D eigenvalue weighted by molar-refractivity contribution is 0.0482. The topological polar surface area (TPSA) is 101 Å². The number of esters is 1. The lowest BCUT2D eigenvalue weighted by Crippen LogP contribution is -2.31. The van der Waals surface area contributed by atoms with E-state index >= 15 is 0 Å². The van der Waals surface area contributed by atoms with Gasteiger partial charge >= 0.3 is 5.97 Å². The Labute approximate surface area is 197 Å². The molecule has 0 aromatic heterocycles. The molecule has 0 bridgehead atoms. The second-order valence-corrected chi connectivity index (χ2v) is 9.60. The van der Waals surface area contributed by atoms with Crippen LogP contribution >= 0.6 is 0 Å². The summed E-state index contributed by atoms with van der Waals surface area (Å²) in [4.78, 5) is 38.3. The first-order chi connectivity index (χ1) is 16.3. The minimum atomic E-state index is -3.88. The van der Waals surface area contributed by atoms with Crippen molar-refractivity contribution in [3.05, 3.63) is 95.6 Å². The number of anilines is 1. The predicted molar refractivity (Wildman–Crippen MR) is 125 cm³/mol. The number of hydrogen-bond acceptors (Lipinski definition) is 6. The highest BCUT2D eigenvalue weighted by Gasteiger charge is 2.34. The highest BCUT2D eigenvalue weighted by molar-refractivity contribution is 7.92. The molecule has 4 rings (SSSR count). The van der Waals surface area contributed by atoms with E-state index in [1.807, 2.05) is 0 Å². The molecule has 3 aromatic carbocycles. The molecule has 0 unspecified atom stereocenters. The highest BCUT2D eigenvalue weighted by atomic mass is 32.2. The number of amides is 2. The van der Waals surface area contributed by atoms with Crippen LogP contribution in [0.15, 0.2) is 83.8 Å². The first-order valence-electron chi connectivity index (χ1n) is 10.6. The molecule has 3 aromatic rings. The summed E-state index contributed by atoms with van der Waals surface area (Å²) in [7, 11) is -2.44. The molecule has 9 heteroatoms. The fourth-order valence-electron chi connectivity index (χ4n) is 3.63. The molecule has 0 saturated carbocycles. The van der Waals surface area contributed by atoms with Gasteiger partial charge in [0.1, 0.15) is 0 Å². The Balaban J connectivity index is 1.36. The number of sulfonamides is 1. The number of ether oxygens (including phenoxy) is 1. The first kappa shape index (κ1) is 23.2. The number of nitrogens with zero attached hydrogens (tertiary/aromatic N) is 2. The normalized spacial score (nSPS) is 13.0. The maximum Gasteiger partial charge on any atom is 0.338 e. The Morgan fingerprint density at radius 2 is 1.50 bits per heavy atom. The van der Waals surface area contributed by atoms with Crippen LogP contribution in [0.5, 0.6) is 0 Å². The molecule has 1 heterocycles. The fourth-order valence-corrected chi connectivity index (χ4v) is 4.87. The summed E-state index contributed by atoms with van der Waals surface area (Å²) >= 11 is 0. The molecule has 0 saturated heterocycles. The molecule has 8 nitrogen and oxygen atoms in total. The van der Waals surface area contributed by atoms with Gasteiger partial charge in [-0.1, -0.05) is 36.4 Å². The van der Waals surface area contributed by atoms with E-state index in [0.29, 0.717) is 16.8 Å². The van der Waals surface area contributed by atoms with Crippen LogP contribution in [0.1, 0.15) is 37.5 Å². The van der Waals surface area contributed by atoms with Crippen molar-refractivity contribution in [1.29, 1.82) is 0 Å². The van der Waals surface area contributed by atoms with E-state index in [0.717, 1.165) is 9.21 Å². The minimum absolute atomic E-state index is 0.0346. The zero-order chi connectivity index (χ0) is 24.3. The minimum Gasteiger partial charge on any atom is -0.462 e. The van der Waals surface area contributed by atoms with E-state index in [1.54, 1.807) is 54.6 Å². The monoisotopic (exact) mass is 478 g/mol. The number of carbonyl (C=O) groups is 3. The molecule has 174 valence electrons. The third-order valence-electron chi connectivity index (χ3n) is 5.49. The molecular formula is C25H22N2O6S. The Hall–Kier alpha value is -3.98. The maximum atomic E-state index is 13.0. The zero-order valence-corrected chi connectivity index (χ0v) is 19.2. The summed E-state index contributed by atoms with van der Waals surface area (Å²) in [6, 6.07) is 20.8. The van der Waals surface area contributed by atoms with Gasteiger partial charge in [-0.05, 0) is 48.9 Å². The quantitative estimate of drug-likeness (QED) is 0.280. The molecule has 0 fully saturated rings. The number of carbonyl (C=O) groups excluding carboxylic acids is 3. The van der Waals surface area contributed by atoms with E-state index in [1.165, 1.54) is 31.3 Å². The van der Waals surface area contributed by atoms with Crippen molar-refractivity contribution in [2.75, 3.05) is 24.5 Å². The Bertz CT molecular complexity index is 1320. The smallest absolute Gasteiger partial charge is 0.338 e. The van der Waals surface area contributed by atoms with Crippen LogP contribution in [0.4, 0.5) is 5.69 Å². The van der Waals surface area contributed by atoms with Crippen LogP contribution in [-0.4, -0.2) is 51.3 Å².